The minimum atomic E-state index is -0.276. The third kappa shape index (κ3) is 3.40. The summed E-state index contributed by atoms with van der Waals surface area (Å²) in [5, 5.41) is 11.1. The van der Waals surface area contributed by atoms with Crippen molar-refractivity contribution in [2.45, 2.75) is 17.6 Å². The van der Waals surface area contributed by atoms with Gasteiger partial charge in [-0.1, -0.05) is 17.8 Å². The lowest BCUT2D eigenvalue weighted by Crippen LogP contribution is -2.29. The van der Waals surface area contributed by atoms with Gasteiger partial charge in [-0.15, -0.1) is 22.7 Å². The molecule has 0 bridgehead atoms. The number of thioether (sulfide) groups is 1. The molecule has 5 rings (SSSR count). The number of hydrazone groups is 1. The van der Waals surface area contributed by atoms with Gasteiger partial charge in [0.25, 0.3) is 11.5 Å². The molecular weight excluding hydrogens is 440 g/mol. The number of hydrogen-bond acceptors (Lipinski definition) is 8. The Bertz CT molecular complexity index is 1290. The van der Waals surface area contributed by atoms with Crippen molar-refractivity contribution in [3.63, 3.8) is 0 Å². The van der Waals surface area contributed by atoms with Gasteiger partial charge >= 0.3 is 0 Å². The van der Waals surface area contributed by atoms with Crippen LogP contribution in [0.4, 0.5) is 0 Å². The van der Waals surface area contributed by atoms with Gasteiger partial charge in [0, 0.05) is 13.5 Å². The molecule has 1 aliphatic heterocycles. The van der Waals surface area contributed by atoms with Crippen LogP contribution in [0.25, 0.3) is 10.2 Å². The Labute approximate surface area is 183 Å². The fourth-order valence-electron chi connectivity index (χ4n) is 3.34. The van der Waals surface area contributed by atoms with E-state index in [0.29, 0.717) is 27.6 Å². The molecule has 0 saturated heterocycles. The van der Waals surface area contributed by atoms with Gasteiger partial charge in [-0.3, -0.25) is 14.2 Å². The predicted molar refractivity (Wildman–Crippen MR) is 119 cm³/mol. The lowest BCUT2D eigenvalue weighted by Gasteiger charge is -2.19. The molecule has 0 radical (unpaired) electrons. The Kier molecular flexibility index (Phi) is 5.05. The van der Waals surface area contributed by atoms with E-state index in [0.717, 1.165) is 10.6 Å². The predicted octanol–water partition coefficient (Wildman–Crippen LogP) is 4.12. The Balaban J connectivity index is 1.40. The Morgan fingerprint density at radius 3 is 2.93 bits per heavy atom. The number of hydrogen-bond donors (Lipinski definition) is 0. The van der Waals surface area contributed by atoms with Gasteiger partial charge < -0.3 is 4.42 Å². The number of nitrogens with zero attached hydrogens (tertiary/aromatic N) is 4. The first-order valence-corrected chi connectivity index (χ1v) is 11.9. The van der Waals surface area contributed by atoms with E-state index in [9.17, 15) is 9.59 Å². The molecule has 1 aliphatic rings. The molecule has 0 spiro atoms. The molecule has 0 saturated carbocycles. The van der Waals surface area contributed by atoms with Gasteiger partial charge in [0.1, 0.15) is 16.6 Å². The van der Waals surface area contributed by atoms with Crippen LogP contribution >= 0.6 is 34.4 Å². The minimum Gasteiger partial charge on any atom is -0.467 e. The first kappa shape index (κ1) is 19.3. The number of carbonyl (C=O) groups excluding carboxylic acids is 1. The van der Waals surface area contributed by atoms with Crippen LogP contribution in [0.1, 0.15) is 23.1 Å². The number of rotatable bonds is 5. The van der Waals surface area contributed by atoms with Gasteiger partial charge in [0.15, 0.2) is 5.16 Å². The fourth-order valence-corrected chi connectivity index (χ4v) is 5.69. The second kappa shape index (κ2) is 7.86. The van der Waals surface area contributed by atoms with E-state index in [1.807, 2.05) is 35.0 Å². The highest BCUT2D eigenvalue weighted by Crippen LogP contribution is 2.34. The van der Waals surface area contributed by atoms with E-state index in [4.69, 9.17) is 4.42 Å². The molecular formula is C20H16N4O3S3. The zero-order valence-corrected chi connectivity index (χ0v) is 18.3. The normalized spacial score (nSPS) is 16.4. The van der Waals surface area contributed by atoms with Crippen LogP contribution < -0.4 is 5.56 Å². The Morgan fingerprint density at radius 2 is 2.17 bits per heavy atom. The topological polar surface area (TPSA) is 80.7 Å². The van der Waals surface area contributed by atoms with Gasteiger partial charge in [0.05, 0.1) is 28.0 Å². The third-order valence-corrected chi connectivity index (χ3v) is 7.57. The van der Waals surface area contributed by atoms with E-state index < -0.39 is 0 Å². The van der Waals surface area contributed by atoms with E-state index >= 15 is 0 Å². The average molecular weight is 457 g/mol. The summed E-state index contributed by atoms with van der Waals surface area (Å²) in [6, 6.07) is 9.14. The summed E-state index contributed by atoms with van der Waals surface area (Å²) in [5.41, 5.74) is 0.763. The molecule has 10 heteroatoms. The summed E-state index contributed by atoms with van der Waals surface area (Å²) < 4.78 is 7.06. The Morgan fingerprint density at radius 1 is 1.27 bits per heavy atom. The van der Waals surface area contributed by atoms with Crippen molar-refractivity contribution in [1.29, 1.82) is 0 Å². The molecule has 1 atom stereocenters. The molecule has 0 aliphatic carbocycles. The van der Waals surface area contributed by atoms with Crippen LogP contribution in [0.15, 0.2) is 66.8 Å². The second-order valence-electron chi connectivity index (χ2n) is 6.68. The van der Waals surface area contributed by atoms with Crippen LogP contribution in [0, 0.1) is 0 Å². The van der Waals surface area contributed by atoms with Crippen LogP contribution in [0.3, 0.4) is 0 Å². The molecule has 5 heterocycles. The summed E-state index contributed by atoms with van der Waals surface area (Å²) in [5.74, 6) is 0.665. The summed E-state index contributed by atoms with van der Waals surface area (Å²) in [6.45, 7) is 0. The van der Waals surface area contributed by atoms with Crippen LogP contribution in [-0.2, 0) is 11.8 Å². The number of carbonyl (C=O) groups is 1. The molecule has 7 nitrogen and oxygen atoms in total. The maximum absolute atomic E-state index is 13.1. The molecule has 0 fully saturated rings. The highest BCUT2D eigenvalue weighted by molar-refractivity contribution is 7.99. The fraction of sp³-hybridized carbons (Fsp3) is 0.200. The summed E-state index contributed by atoms with van der Waals surface area (Å²) >= 11 is 4.26. The first-order chi connectivity index (χ1) is 14.6. The summed E-state index contributed by atoms with van der Waals surface area (Å²) in [7, 11) is 1.67. The van der Waals surface area contributed by atoms with Crippen molar-refractivity contribution in [3.8, 4) is 0 Å². The standard InChI is InChI=1S/C20H16N4O3S3/c1-23-19(26)12-6-9-29-18(12)21-20(23)30-11-17(25)24-14(15-4-2-7-27-15)10-13(22-24)16-5-3-8-28-16/h2-9,14H,10-11H2,1H3. The van der Waals surface area contributed by atoms with Crippen molar-refractivity contribution in [2.24, 2.45) is 12.1 Å². The number of furan rings is 1. The SMILES string of the molecule is Cn1c(SCC(=O)N2N=C(c3cccs3)CC2c2ccco2)nc2sccc2c1=O. The number of thiophene rings is 2. The van der Waals surface area contributed by atoms with Crippen molar-refractivity contribution >= 4 is 56.3 Å². The molecule has 0 N–H and O–H groups in total. The van der Waals surface area contributed by atoms with Gasteiger partial charge in [0.2, 0.25) is 0 Å². The number of fused-ring (bicyclic) bond motifs is 1. The zero-order chi connectivity index (χ0) is 20.7. The minimum absolute atomic E-state index is 0.108. The number of amides is 1. The highest BCUT2D eigenvalue weighted by atomic mass is 32.2. The van der Waals surface area contributed by atoms with Gasteiger partial charge in [-0.2, -0.15) is 5.10 Å². The molecule has 4 aromatic heterocycles. The summed E-state index contributed by atoms with van der Waals surface area (Å²) in [4.78, 5) is 31.8. The van der Waals surface area contributed by atoms with E-state index in [2.05, 4.69) is 10.1 Å². The lowest BCUT2D eigenvalue weighted by molar-refractivity contribution is -0.130. The van der Waals surface area contributed by atoms with E-state index in [-0.39, 0.29) is 23.3 Å². The van der Waals surface area contributed by atoms with Crippen molar-refractivity contribution < 1.29 is 9.21 Å². The molecule has 152 valence electrons. The highest BCUT2D eigenvalue weighted by Gasteiger charge is 2.35. The van der Waals surface area contributed by atoms with E-state index in [1.165, 1.54) is 32.7 Å². The monoisotopic (exact) mass is 456 g/mol. The first-order valence-electron chi connectivity index (χ1n) is 9.15. The molecule has 1 amide bonds. The smallest absolute Gasteiger partial charge is 0.262 e. The summed E-state index contributed by atoms with van der Waals surface area (Å²) in [6.07, 6.45) is 2.20. The van der Waals surface area contributed by atoms with Gasteiger partial charge in [-0.25, -0.2) is 9.99 Å². The zero-order valence-electron chi connectivity index (χ0n) is 15.8. The van der Waals surface area contributed by atoms with Gasteiger partial charge in [-0.05, 0) is 35.0 Å². The van der Waals surface area contributed by atoms with Crippen molar-refractivity contribution in [2.75, 3.05) is 5.75 Å². The van der Waals surface area contributed by atoms with Crippen LogP contribution in [-0.4, -0.2) is 31.9 Å². The maximum Gasteiger partial charge on any atom is 0.262 e. The van der Waals surface area contributed by atoms with Crippen LogP contribution in [0.5, 0.6) is 0 Å². The molecule has 4 aromatic rings. The largest absolute Gasteiger partial charge is 0.467 e. The van der Waals surface area contributed by atoms with E-state index in [1.54, 1.807) is 30.7 Å². The quantitative estimate of drug-likeness (QED) is 0.333. The van der Waals surface area contributed by atoms with Crippen molar-refractivity contribution in [3.05, 3.63) is 68.3 Å². The second-order valence-corrected chi connectivity index (χ2v) is 9.47. The molecule has 1 unspecified atom stereocenters. The maximum atomic E-state index is 13.1. The lowest BCUT2D eigenvalue weighted by atomic mass is 10.1. The number of aromatic nitrogens is 2. The van der Waals surface area contributed by atoms with Crippen molar-refractivity contribution in [1.82, 2.24) is 14.6 Å². The molecule has 0 aromatic carbocycles. The average Bonchev–Trinajstić information content (AvgIpc) is 3.55. The Hall–Kier alpha value is -2.69. The molecule has 30 heavy (non-hydrogen) atoms. The third-order valence-electron chi connectivity index (χ3n) is 4.83. The van der Waals surface area contributed by atoms with Crippen LogP contribution in [0.2, 0.25) is 0 Å².